The maximum atomic E-state index is 12.8. The second-order valence-corrected chi connectivity index (χ2v) is 5.59. The van der Waals surface area contributed by atoms with Gasteiger partial charge >= 0.3 is 0 Å². The Morgan fingerprint density at radius 2 is 1.65 bits per heavy atom. The van der Waals surface area contributed by atoms with Crippen LogP contribution >= 0.6 is 0 Å². The number of benzene rings is 2. The van der Waals surface area contributed by atoms with E-state index in [1.165, 1.54) is 5.56 Å². The molecule has 2 aromatic carbocycles. The van der Waals surface area contributed by atoms with Gasteiger partial charge in [-0.3, -0.25) is 4.79 Å². The van der Waals surface area contributed by atoms with Gasteiger partial charge in [0.05, 0.1) is 23.1 Å². The lowest BCUT2D eigenvalue weighted by Gasteiger charge is -2.17. The van der Waals surface area contributed by atoms with Crippen molar-refractivity contribution in [3.63, 3.8) is 0 Å². The van der Waals surface area contributed by atoms with Crippen LogP contribution in [0.25, 0.3) is 5.69 Å². The second kappa shape index (κ2) is 6.08. The molecule has 0 fully saturated rings. The molecule has 0 spiro atoms. The fraction of sp³-hybridized carbons (Fsp3) is 0.158. The maximum Gasteiger partial charge on any atom is 0.261 e. The van der Waals surface area contributed by atoms with E-state index in [1.807, 2.05) is 68.4 Å². The molecule has 0 N–H and O–H groups in total. The van der Waals surface area contributed by atoms with Crippen LogP contribution in [0.5, 0.6) is 0 Å². The van der Waals surface area contributed by atoms with Gasteiger partial charge in [-0.05, 0) is 38.1 Å². The third-order valence-corrected chi connectivity index (χ3v) is 3.97. The molecule has 0 bridgehead atoms. The fourth-order valence-electron chi connectivity index (χ4n) is 2.52. The highest BCUT2D eigenvalue weighted by Crippen LogP contribution is 2.19. The molecule has 0 atom stereocenters. The molecule has 23 heavy (non-hydrogen) atoms. The molecule has 4 nitrogen and oxygen atoms in total. The predicted octanol–water partition coefficient (Wildman–Crippen LogP) is 3.77. The van der Waals surface area contributed by atoms with Crippen LogP contribution in [0.1, 0.15) is 21.6 Å². The zero-order valence-corrected chi connectivity index (χ0v) is 13.5. The molecule has 3 rings (SSSR count). The van der Waals surface area contributed by atoms with Gasteiger partial charge in [-0.2, -0.15) is 5.10 Å². The first-order valence-electron chi connectivity index (χ1n) is 7.52. The van der Waals surface area contributed by atoms with E-state index in [1.54, 1.807) is 22.8 Å². The Labute approximate surface area is 136 Å². The van der Waals surface area contributed by atoms with Gasteiger partial charge in [-0.15, -0.1) is 0 Å². The standard InChI is InChI=1S/C19H19N3O/c1-14-9-11-16(12-10-14)21(3)19(23)18-13-20-22(15(18)2)17-7-5-4-6-8-17/h4-13H,1-3H3. The Balaban J connectivity index is 1.91. The quantitative estimate of drug-likeness (QED) is 0.739. The summed E-state index contributed by atoms with van der Waals surface area (Å²) in [6.45, 7) is 3.94. The number of rotatable bonds is 3. The number of carbonyl (C=O) groups excluding carboxylic acids is 1. The summed E-state index contributed by atoms with van der Waals surface area (Å²) in [5, 5.41) is 4.37. The lowest BCUT2D eigenvalue weighted by atomic mass is 10.2. The summed E-state index contributed by atoms with van der Waals surface area (Å²) in [4.78, 5) is 14.4. The normalized spacial score (nSPS) is 10.6. The third-order valence-electron chi connectivity index (χ3n) is 3.97. The Bertz CT molecular complexity index is 820. The van der Waals surface area contributed by atoms with Crippen LogP contribution < -0.4 is 4.90 Å². The van der Waals surface area contributed by atoms with Gasteiger partial charge in [0.15, 0.2) is 0 Å². The highest BCUT2D eigenvalue weighted by molar-refractivity contribution is 6.06. The molecule has 0 saturated carbocycles. The molecule has 0 aliphatic heterocycles. The van der Waals surface area contributed by atoms with Gasteiger partial charge in [-0.25, -0.2) is 4.68 Å². The smallest absolute Gasteiger partial charge is 0.261 e. The Kier molecular flexibility index (Phi) is 3.98. The summed E-state index contributed by atoms with van der Waals surface area (Å²) >= 11 is 0. The highest BCUT2D eigenvalue weighted by Gasteiger charge is 2.19. The van der Waals surface area contributed by atoms with Crippen LogP contribution in [-0.4, -0.2) is 22.7 Å². The van der Waals surface area contributed by atoms with Gasteiger partial charge in [0.25, 0.3) is 5.91 Å². The van der Waals surface area contributed by atoms with E-state index in [0.29, 0.717) is 5.56 Å². The number of nitrogens with zero attached hydrogens (tertiary/aromatic N) is 3. The van der Waals surface area contributed by atoms with Crippen molar-refractivity contribution in [1.29, 1.82) is 0 Å². The van der Waals surface area contributed by atoms with Crippen LogP contribution in [0.4, 0.5) is 5.69 Å². The molecule has 0 aliphatic rings. The van der Waals surface area contributed by atoms with E-state index in [9.17, 15) is 4.79 Å². The predicted molar refractivity (Wildman–Crippen MR) is 92.2 cm³/mol. The number of amides is 1. The molecule has 0 unspecified atom stereocenters. The molecule has 0 saturated heterocycles. The van der Waals surface area contributed by atoms with Crippen molar-refractivity contribution in [1.82, 2.24) is 9.78 Å². The van der Waals surface area contributed by atoms with Gasteiger partial charge < -0.3 is 4.90 Å². The summed E-state index contributed by atoms with van der Waals surface area (Å²) in [6.07, 6.45) is 1.63. The van der Waals surface area contributed by atoms with Gasteiger partial charge in [-0.1, -0.05) is 35.9 Å². The van der Waals surface area contributed by atoms with Crippen molar-refractivity contribution < 1.29 is 4.79 Å². The molecule has 4 heteroatoms. The summed E-state index contributed by atoms with van der Waals surface area (Å²) < 4.78 is 1.79. The molecule has 1 amide bonds. The molecule has 0 radical (unpaired) electrons. The Hall–Kier alpha value is -2.88. The van der Waals surface area contributed by atoms with Crippen LogP contribution in [0, 0.1) is 13.8 Å². The number of aromatic nitrogens is 2. The fourth-order valence-corrected chi connectivity index (χ4v) is 2.52. The first-order valence-corrected chi connectivity index (χ1v) is 7.52. The van der Waals surface area contributed by atoms with E-state index < -0.39 is 0 Å². The molecule has 116 valence electrons. The monoisotopic (exact) mass is 305 g/mol. The summed E-state index contributed by atoms with van der Waals surface area (Å²) in [5.74, 6) is -0.0615. The minimum atomic E-state index is -0.0615. The average Bonchev–Trinajstić information content (AvgIpc) is 2.96. The number of aryl methyl sites for hydroxylation is 1. The van der Waals surface area contributed by atoms with Gasteiger partial charge in [0.1, 0.15) is 0 Å². The average molecular weight is 305 g/mol. The number of para-hydroxylation sites is 1. The summed E-state index contributed by atoms with van der Waals surface area (Å²) in [7, 11) is 1.78. The minimum Gasteiger partial charge on any atom is -0.311 e. The van der Waals surface area contributed by atoms with E-state index in [4.69, 9.17) is 0 Å². The van der Waals surface area contributed by atoms with E-state index >= 15 is 0 Å². The lowest BCUT2D eigenvalue weighted by molar-refractivity contribution is 0.0992. The maximum absolute atomic E-state index is 12.8. The van der Waals surface area contributed by atoms with E-state index in [2.05, 4.69) is 5.10 Å². The lowest BCUT2D eigenvalue weighted by Crippen LogP contribution is -2.26. The van der Waals surface area contributed by atoms with Crippen LogP contribution in [0.3, 0.4) is 0 Å². The van der Waals surface area contributed by atoms with E-state index in [0.717, 1.165) is 17.1 Å². The number of carbonyl (C=O) groups is 1. The summed E-state index contributed by atoms with van der Waals surface area (Å²) in [5.41, 5.74) is 4.43. The topological polar surface area (TPSA) is 38.1 Å². The zero-order valence-electron chi connectivity index (χ0n) is 13.5. The molecular formula is C19H19N3O. The minimum absolute atomic E-state index is 0.0615. The van der Waals surface area contributed by atoms with Crippen molar-refractivity contribution in [2.24, 2.45) is 0 Å². The van der Waals surface area contributed by atoms with Gasteiger partial charge in [0, 0.05) is 12.7 Å². The Morgan fingerprint density at radius 3 is 2.30 bits per heavy atom. The van der Waals surface area contributed by atoms with Crippen LogP contribution in [-0.2, 0) is 0 Å². The summed E-state index contributed by atoms with van der Waals surface area (Å²) in [6, 6.07) is 17.7. The first-order chi connectivity index (χ1) is 11.1. The van der Waals surface area contributed by atoms with Crippen molar-refractivity contribution in [3.8, 4) is 5.69 Å². The van der Waals surface area contributed by atoms with Crippen molar-refractivity contribution in [2.75, 3.05) is 11.9 Å². The number of anilines is 1. The third kappa shape index (κ3) is 2.88. The van der Waals surface area contributed by atoms with Crippen molar-refractivity contribution >= 4 is 11.6 Å². The van der Waals surface area contributed by atoms with Crippen LogP contribution in [0.2, 0.25) is 0 Å². The zero-order chi connectivity index (χ0) is 16.4. The number of hydrogen-bond donors (Lipinski definition) is 0. The number of hydrogen-bond acceptors (Lipinski definition) is 2. The first kappa shape index (κ1) is 15.0. The Morgan fingerprint density at radius 1 is 1.00 bits per heavy atom. The molecule has 1 aromatic heterocycles. The largest absolute Gasteiger partial charge is 0.311 e. The van der Waals surface area contributed by atoms with Crippen LogP contribution in [0.15, 0.2) is 60.8 Å². The second-order valence-electron chi connectivity index (χ2n) is 5.59. The van der Waals surface area contributed by atoms with Crippen molar-refractivity contribution in [2.45, 2.75) is 13.8 Å². The SMILES string of the molecule is Cc1ccc(N(C)C(=O)c2cnn(-c3ccccc3)c2C)cc1. The molecular weight excluding hydrogens is 286 g/mol. The molecule has 0 aliphatic carbocycles. The van der Waals surface area contributed by atoms with Crippen molar-refractivity contribution in [3.05, 3.63) is 77.6 Å². The highest BCUT2D eigenvalue weighted by atomic mass is 16.2. The van der Waals surface area contributed by atoms with E-state index in [-0.39, 0.29) is 5.91 Å². The van der Waals surface area contributed by atoms with Gasteiger partial charge in [0.2, 0.25) is 0 Å². The molecule has 3 aromatic rings. The molecule has 1 heterocycles.